The van der Waals surface area contributed by atoms with Gasteiger partial charge in [0.1, 0.15) is 5.56 Å². The molecule has 1 heterocycles. The van der Waals surface area contributed by atoms with Gasteiger partial charge in [0.2, 0.25) is 0 Å². The summed E-state index contributed by atoms with van der Waals surface area (Å²) in [5, 5.41) is 7.72. The quantitative estimate of drug-likeness (QED) is 0.322. The van der Waals surface area contributed by atoms with Crippen molar-refractivity contribution in [2.24, 2.45) is 11.5 Å². The molecule has 1 aromatic heterocycles. The average Bonchev–Trinajstić information content (AvgIpc) is 3.24. The van der Waals surface area contributed by atoms with Crippen LogP contribution >= 0.6 is 11.9 Å². The summed E-state index contributed by atoms with van der Waals surface area (Å²) in [5.41, 5.74) is 13.0. The van der Waals surface area contributed by atoms with Crippen LogP contribution in [0, 0.1) is 0 Å². The van der Waals surface area contributed by atoms with Gasteiger partial charge >= 0.3 is 6.18 Å². The second-order valence-corrected chi connectivity index (χ2v) is 9.48. The van der Waals surface area contributed by atoms with E-state index >= 15 is 0 Å². The lowest BCUT2D eigenvalue weighted by Gasteiger charge is -2.28. The number of anilines is 2. The number of halogens is 3. The van der Waals surface area contributed by atoms with Gasteiger partial charge in [0.15, 0.2) is 5.82 Å². The van der Waals surface area contributed by atoms with E-state index in [9.17, 15) is 18.0 Å². The molecule has 2 aromatic carbocycles. The van der Waals surface area contributed by atoms with Crippen molar-refractivity contribution in [1.29, 1.82) is 0 Å². The molecule has 0 bridgehead atoms. The van der Waals surface area contributed by atoms with Crippen LogP contribution in [-0.4, -0.2) is 21.7 Å². The van der Waals surface area contributed by atoms with Gasteiger partial charge in [-0.3, -0.25) is 14.2 Å². The number of amides is 1. The molecule has 1 amide bonds. The third kappa shape index (κ3) is 6.36. The maximum absolute atomic E-state index is 12.7. The van der Waals surface area contributed by atoms with Crippen molar-refractivity contribution in [2.75, 3.05) is 5.32 Å². The average molecular weight is 505 g/mol. The Morgan fingerprint density at radius 1 is 1.09 bits per heavy atom. The number of benzene rings is 2. The summed E-state index contributed by atoms with van der Waals surface area (Å²) in [6.07, 6.45) is 1.32. The highest BCUT2D eigenvalue weighted by Crippen LogP contribution is 2.31. The van der Waals surface area contributed by atoms with E-state index in [1.54, 1.807) is 10.9 Å². The molecule has 186 valence electrons. The number of nitrogens with two attached hydrogens (primary N) is 2. The van der Waals surface area contributed by atoms with Crippen molar-refractivity contribution in [3.05, 3.63) is 71.4 Å². The Labute approximate surface area is 205 Å². The Morgan fingerprint density at radius 2 is 1.77 bits per heavy atom. The van der Waals surface area contributed by atoms with E-state index in [0.717, 1.165) is 54.0 Å². The van der Waals surface area contributed by atoms with Gasteiger partial charge in [-0.2, -0.15) is 18.3 Å². The van der Waals surface area contributed by atoms with Crippen molar-refractivity contribution in [3.8, 4) is 0 Å². The van der Waals surface area contributed by atoms with Gasteiger partial charge in [-0.05, 0) is 66.8 Å². The topological polar surface area (TPSA) is 111 Å². The van der Waals surface area contributed by atoms with Crippen molar-refractivity contribution in [3.63, 3.8) is 0 Å². The Morgan fingerprint density at radius 3 is 2.40 bits per heavy atom. The first-order valence-electron chi connectivity index (χ1n) is 11.3. The van der Waals surface area contributed by atoms with Crippen LogP contribution < -0.4 is 21.5 Å². The first-order valence-corrected chi connectivity index (χ1v) is 12.1. The number of carbonyl (C=O) groups is 1. The standard InChI is InChI=1S/C24H27F3N6OS/c25-24(26,27)16-7-5-15(6-8-16)13-30-35-18-11-9-17(10-12-18)31-23-19(22(29)34)14-33(32-23)21-4-2-1-3-20(21)28/h5-12,14,20-21,30H,1-4,13,28H2,(H2,29,34)(H,31,32). The molecule has 1 aliphatic rings. The summed E-state index contributed by atoms with van der Waals surface area (Å²) in [5.74, 6) is -0.182. The van der Waals surface area contributed by atoms with Crippen molar-refractivity contribution < 1.29 is 18.0 Å². The molecular weight excluding hydrogens is 477 g/mol. The molecule has 2 unspecified atom stereocenters. The number of hydrogen-bond donors (Lipinski definition) is 4. The smallest absolute Gasteiger partial charge is 0.365 e. The molecule has 0 spiro atoms. The molecule has 7 nitrogen and oxygen atoms in total. The third-order valence-electron chi connectivity index (χ3n) is 5.98. The third-order valence-corrected chi connectivity index (χ3v) is 6.78. The second-order valence-electron chi connectivity index (χ2n) is 8.52. The van der Waals surface area contributed by atoms with Crippen molar-refractivity contribution in [2.45, 2.75) is 55.4 Å². The lowest BCUT2D eigenvalue weighted by atomic mass is 9.91. The summed E-state index contributed by atoms with van der Waals surface area (Å²) in [6, 6.07) is 12.5. The van der Waals surface area contributed by atoms with Crippen LogP contribution in [0.2, 0.25) is 0 Å². The molecule has 1 fully saturated rings. The minimum absolute atomic E-state index is 0.0105. The summed E-state index contributed by atoms with van der Waals surface area (Å²) in [6.45, 7) is 0.408. The van der Waals surface area contributed by atoms with Crippen LogP contribution in [0.25, 0.3) is 0 Å². The van der Waals surface area contributed by atoms with Crippen LogP contribution in [0.3, 0.4) is 0 Å². The molecule has 0 aliphatic heterocycles. The number of rotatable bonds is 8. The maximum Gasteiger partial charge on any atom is 0.416 e. The van der Waals surface area contributed by atoms with Gasteiger partial charge in [0.05, 0.1) is 11.6 Å². The van der Waals surface area contributed by atoms with E-state index in [1.165, 1.54) is 24.1 Å². The van der Waals surface area contributed by atoms with Gasteiger partial charge < -0.3 is 16.8 Å². The van der Waals surface area contributed by atoms with Gasteiger partial charge in [0, 0.05) is 29.4 Å². The van der Waals surface area contributed by atoms with Gasteiger partial charge in [-0.1, -0.05) is 25.0 Å². The fourth-order valence-electron chi connectivity index (χ4n) is 4.06. The lowest BCUT2D eigenvalue weighted by Crippen LogP contribution is -2.35. The molecule has 0 radical (unpaired) electrons. The van der Waals surface area contributed by atoms with Crippen LogP contribution in [0.1, 0.15) is 53.2 Å². The van der Waals surface area contributed by atoms with E-state index in [4.69, 9.17) is 11.5 Å². The first kappa shape index (κ1) is 25.1. The summed E-state index contributed by atoms with van der Waals surface area (Å²) in [4.78, 5) is 12.9. The highest BCUT2D eigenvalue weighted by atomic mass is 32.2. The van der Waals surface area contributed by atoms with E-state index in [-0.39, 0.29) is 12.1 Å². The molecule has 6 N–H and O–H groups in total. The normalized spacial score (nSPS) is 18.4. The zero-order chi connectivity index (χ0) is 25.0. The second kappa shape index (κ2) is 10.7. The van der Waals surface area contributed by atoms with Gasteiger partial charge in [0.25, 0.3) is 5.91 Å². The fraction of sp³-hybridized carbons (Fsp3) is 0.333. The molecule has 1 aliphatic carbocycles. The Hall–Kier alpha value is -3.02. The molecule has 1 saturated carbocycles. The van der Waals surface area contributed by atoms with Crippen LogP contribution in [-0.2, 0) is 12.7 Å². The Balaban J connectivity index is 1.35. The Kier molecular flexibility index (Phi) is 7.68. The summed E-state index contributed by atoms with van der Waals surface area (Å²) < 4.78 is 42.9. The largest absolute Gasteiger partial charge is 0.416 e. The molecule has 11 heteroatoms. The highest BCUT2D eigenvalue weighted by Gasteiger charge is 2.30. The predicted molar refractivity (Wildman–Crippen MR) is 130 cm³/mol. The number of nitrogens with one attached hydrogen (secondary N) is 2. The monoisotopic (exact) mass is 504 g/mol. The van der Waals surface area contributed by atoms with Crippen LogP contribution in [0.5, 0.6) is 0 Å². The number of alkyl halides is 3. The van der Waals surface area contributed by atoms with Gasteiger partial charge in [-0.15, -0.1) is 0 Å². The van der Waals surface area contributed by atoms with Crippen molar-refractivity contribution >= 4 is 29.4 Å². The van der Waals surface area contributed by atoms with Crippen LogP contribution in [0.4, 0.5) is 24.7 Å². The molecule has 35 heavy (non-hydrogen) atoms. The summed E-state index contributed by atoms with van der Waals surface area (Å²) in [7, 11) is 0. The minimum Gasteiger partial charge on any atom is -0.365 e. The molecule has 3 aromatic rings. The fourth-order valence-corrected chi connectivity index (χ4v) is 4.74. The number of carbonyl (C=O) groups excluding carboxylic acids is 1. The van der Waals surface area contributed by atoms with E-state index in [0.29, 0.717) is 17.9 Å². The van der Waals surface area contributed by atoms with E-state index < -0.39 is 17.6 Å². The lowest BCUT2D eigenvalue weighted by molar-refractivity contribution is -0.137. The van der Waals surface area contributed by atoms with E-state index in [2.05, 4.69) is 15.1 Å². The first-order chi connectivity index (χ1) is 16.7. The highest BCUT2D eigenvalue weighted by molar-refractivity contribution is 7.97. The number of primary amides is 1. The number of aromatic nitrogens is 2. The zero-order valence-electron chi connectivity index (χ0n) is 18.9. The maximum atomic E-state index is 12.7. The van der Waals surface area contributed by atoms with E-state index in [1.807, 2.05) is 24.3 Å². The predicted octanol–water partition coefficient (Wildman–Crippen LogP) is 4.98. The number of hydrogen-bond acceptors (Lipinski definition) is 6. The van der Waals surface area contributed by atoms with Crippen LogP contribution in [0.15, 0.2) is 59.6 Å². The summed E-state index contributed by atoms with van der Waals surface area (Å²) >= 11 is 1.36. The van der Waals surface area contributed by atoms with Crippen molar-refractivity contribution in [1.82, 2.24) is 14.5 Å². The minimum atomic E-state index is -4.34. The molecular formula is C24H27F3N6OS. The molecule has 4 rings (SSSR count). The number of nitrogens with zero attached hydrogens (tertiary/aromatic N) is 2. The molecule has 2 atom stereocenters. The zero-order valence-corrected chi connectivity index (χ0v) is 19.7. The van der Waals surface area contributed by atoms with Gasteiger partial charge in [-0.25, -0.2) is 0 Å². The Bertz CT molecular complexity index is 1150. The molecule has 0 saturated heterocycles. The SMILES string of the molecule is NC(=O)c1cn(C2CCCCC2N)nc1Nc1ccc(SNCc2ccc(C(F)(F)F)cc2)cc1.